The normalized spacial score (nSPS) is 10.9. The van der Waals surface area contributed by atoms with E-state index in [1.807, 2.05) is 13.8 Å². The molecule has 0 amide bonds. The van der Waals surface area contributed by atoms with Gasteiger partial charge in [-0.15, -0.1) is 11.6 Å². The Hall–Kier alpha value is -1.55. The molecule has 0 spiro atoms. The van der Waals surface area contributed by atoms with Gasteiger partial charge in [0.2, 0.25) is 0 Å². The zero-order valence-corrected chi connectivity index (χ0v) is 11.0. The summed E-state index contributed by atoms with van der Waals surface area (Å²) in [5.41, 5.74) is 0.683. The van der Waals surface area contributed by atoms with Gasteiger partial charge in [0, 0.05) is 18.0 Å². The van der Waals surface area contributed by atoms with Crippen LogP contribution < -0.4 is 4.74 Å². The molecule has 0 saturated heterocycles. The molecular formula is C13H14ClFN2O. The van der Waals surface area contributed by atoms with Crippen LogP contribution >= 0.6 is 11.6 Å². The Balaban J connectivity index is 2.19. The molecule has 1 aromatic heterocycles. The fourth-order valence-electron chi connectivity index (χ4n) is 1.55. The van der Waals surface area contributed by atoms with Crippen molar-refractivity contribution in [2.45, 2.75) is 25.8 Å². The number of rotatable bonds is 4. The monoisotopic (exact) mass is 268 g/mol. The third-order valence-corrected chi connectivity index (χ3v) is 2.74. The van der Waals surface area contributed by atoms with Gasteiger partial charge in [0.15, 0.2) is 5.75 Å². The van der Waals surface area contributed by atoms with E-state index in [4.69, 9.17) is 16.3 Å². The van der Waals surface area contributed by atoms with Crippen LogP contribution in [0.2, 0.25) is 0 Å². The van der Waals surface area contributed by atoms with Crippen LogP contribution in [0.5, 0.6) is 11.5 Å². The van der Waals surface area contributed by atoms with Gasteiger partial charge in [-0.05, 0) is 31.5 Å². The fourth-order valence-corrected chi connectivity index (χ4v) is 1.70. The second-order valence-corrected chi connectivity index (χ2v) is 4.55. The average molecular weight is 269 g/mol. The van der Waals surface area contributed by atoms with E-state index in [1.54, 1.807) is 23.1 Å². The van der Waals surface area contributed by atoms with Gasteiger partial charge in [-0.1, -0.05) is 0 Å². The molecule has 0 aliphatic rings. The van der Waals surface area contributed by atoms with Crippen molar-refractivity contribution in [3.05, 3.63) is 42.0 Å². The number of benzene rings is 1. The molecule has 0 N–H and O–H groups in total. The summed E-state index contributed by atoms with van der Waals surface area (Å²) in [5.74, 6) is 0.891. The zero-order chi connectivity index (χ0) is 13.1. The lowest BCUT2D eigenvalue weighted by molar-refractivity contribution is 0.471. The third-order valence-electron chi connectivity index (χ3n) is 2.43. The van der Waals surface area contributed by atoms with Crippen LogP contribution in [-0.2, 0) is 5.88 Å². The van der Waals surface area contributed by atoms with Crippen molar-refractivity contribution in [2.75, 3.05) is 0 Å². The smallest absolute Gasteiger partial charge is 0.165 e. The number of hydrogen-bond donors (Lipinski definition) is 0. The maximum absolute atomic E-state index is 13.3. The van der Waals surface area contributed by atoms with Gasteiger partial charge < -0.3 is 4.74 Å². The summed E-state index contributed by atoms with van der Waals surface area (Å²) in [6.07, 6.45) is 3.38. The molecule has 2 aromatic rings. The standard InChI is InChI=1S/C13H14ClFN2O/c1-9(2)17-8-13(7-16-17)18-12-4-10(6-14)3-11(15)5-12/h3-5,7-9H,6H2,1-2H3. The number of alkyl halides is 1. The first-order valence-electron chi connectivity index (χ1n) is 5.66. The van der Waals surface area contributed by atoms with Crippen molar-refractivity contribution in [3.63, 3.8) is 0 Å². The van der Waals surface area contributed by atoms with Gasteiger partial charge in [0.1, 0.15) is 11.6 Å². The molecule has 0 unspecified atom stereocenters. The average Bonchev–Trinajstić information content (AvgIpc) is 2.76. The first kappa shape index (κ1) is 12.9. The minimum Gasteiger partial charge on any atom is -0.454 e. The topological polar surface area (TPSA) is 27.1 Å². The molecule has 3 nitrogen and oxygen atoms in total. The lowest BCUT2D eigenvalue weighted by Crippen LogP contribution is -1.99. The highest BCUT2D eigenvalue weighted by molar-refractivity contribution is 6.17. The van der Waals surface area contributed by atoms with Gasteiger partial charge in [0.05, 0.1) is 12.4 Å². The van der Waals surface area contributed by atoms with E-state index in [2.05, 4.69) is 5.10 Å². The molecule has 5 heteroatoms. The van der Waals surface area contributed by atoms with E-state index in [0.717, 1.165) is 0 Å². The SMILES string of the molecule is CC(C)n1cc(Oc2cc(F)cc(CCl)c2)cn1. The lowest BCUT2D eigenvalue weighted by Gasteiger charge is -2.05. The number of hydrogen-bond acceptors (Lipinski definition) is 2. The highest BCUT2D eigenvalue weighted by atomic mass is 35.5. The van der Waals surface area contributed by atoms with E-state index >= 15 is 0 Å². The molecule has 0 saturated carbocycles. The van der Waals surface area contributed by atoms with Crippen LogP contribution in [0.15, 0.2) is 30.6 Å². The Morgan fingerprint density at radius 1 is 1.33 bits per heavy atom. The molecule has 0 atom stereocenters. The van der Waals surface area contributed by atoms with Crippen molar-refractivity contribution < 1.29 is 9.13 Å². The molecule has 1 heterocycles. The predicted octanol–water partition coefficient (Wildman–Crippen LogP) is 4.13. The summed E-state index contributed by atoms with van der Waals surface area (Å²) in [6.45, 7) is 4.04. The van der Waals surface area contributed by atoms with Crippen LogP contribution in [0.4, 0.5) is 4.39 Å². The Kier molecular flexibility index (Phi) is 3.87. The molecule has 0 aliphatic carbocycles. The van der Waals surface area contributed by atoms with Crippen LogP contribution in [0, 0.1) is 5.82 Å². The minimum atomic E-state index is -0.362. The maximum Gasteiger partial charge on any atom is 0.165 e. The Labute approximate surface area is 110 Å². The van der Waals surface area contributed by atoms with E-state index < -0.39 is 0 Å². The molecule has 0 fully saturated rings. The summed E-state index contributed by atoms with van der Waals surface area (Å²) in [5, 5.41) is 4.15. The fraction of sp³-hybridized carbons (Fsp3) is 0.308. The van der Waals surface area contributed by atoms with Gasteiger partial charge in [-0.25, -0.2) is 4.39 Å². The van der Waals surface area contributed by atoms with Gasteiger partial charge in [-0.3, -0.25) is 4.68 Å². The largest absolute Gasteiger partial charge is 0.454 e. The summed E-state index contributed by atoms with van der Waals surface area (Å²) < 4.78 is 20.6. The third kappa shape index (κ3) is 3.01. The lowest BCUT2D eigenvalue weighted by atomic mass is 10.2. The van der Waals surface area contributed by atoms with Crippen LogP contribution in [0.1, 0.15) is 25.5 Å². The predicted molar refractivity (Wildman–Crippen MR) is 68.6 cm³/mol. The second kappa shape index (κ2) is 5.40. The number of nitrogens with zero attached hydrogens (tertiary/aromatic N) is 2. The zero-order valence-electron chi connectivity index (χ0n) is 10.2. The van der Waals surface area contributed by atoms with Crippen molar-refractivity contribution in [1.82, 2.24) is 9.78 Å². The Bertz CT molecular complexity index is 540. The van der Waals surface area contributed by atoms with Gasteiger partial charge in [-0.2, -0.15) is 5.10 Å². The van der Waals surface area contributed by atoms with Crippen molar-refractivity contribution >= 4 is 11.6 Å². The Morgan fingerprint density at radius 3 is 2.72 bits per heavy atom. The van der Waals surface area contributed by atoms with Crippen LogP contribution in [0.25, 0.3) is 0 Å². The van der Waals surface area contributed by atoms with Gasteiger partial charge in [0.25, 0.3) is 0 Å². The summed E-state index contributed by atoms with van der Waals surface area (Å²) in [6, 6.07) is 4.68. The van der Waals surface area contributed by atoms with E-state index in [9.17, 15) is 4.39 Å². The highest BCUT2D eigenvalue weighted by Crippen LogP contribution is 2.24. The summed E-state index contributed by atoms with van der Waals surface area (Å²) >= 11 is 5.68. The Morgan fingerprint density at radius 2 is 2.11 bits per heavy atom. The molecule has 0 aliphatic heterocycles. The number of halogens is 2. The van der Waals surface area contributed by atoms with Crippen LogP contribution in [0.3, 0.4) is 0 Å². The van der Waals surface area contributed by atoms with Crippen LogP contribution in [-0.4, -0.2) is 9.78 Å². The second-order valence-electron chi connectivity index (χ2n) is 4.28. The minimum absolute atomic E-state index is 0.249. The van der Waals surface area contributed by atoms with E-state index in [0.29, 0.717) is 17.1 Å². The molecular weight excluding hydrogens is 255 g/mol. The molecule has 96 valence electrons. The number of aromatic nitrogens is 2. The number of ether oxygens (including phenoxy) is 1. The molecule has 2 rings (SSSR count). The van der Waals surface area contributed by atoms with E-state index in [-0.39, 0.29) is 17.7 Å². The van der Waals surface area contributed by atoms with Crippen molar-refractivity contribution in [3.8, 4) is 11.5 Å². The van der Waals surface area contributed by atoms with Gasteiger partial charge >= 0.3 is 0 Å². The first-order valence-corrected chi connectivity index (χ1v) is 6.19. The first-order chi connectivity index (χ1) is 8.58. The molecule has 0 radical (unpaired) electrons. The summed E-state index contributed by atoms with van der Waals surface area (Å²) in [7, 11) is 0. The molecule has 0 bridgehead atoms. The molecule has 1 aromatic carbocycles. The van der Waals surface area contributed by atoms with Crippen molar-refractivity contribution in [2.24, 2.45) is 0 Å². The van der Waals surface area contributed by atoms with Crippen molar-refractivity contribution in [1.29, 1.82) is 0 Å². The molecule has 18 heavy (non-hydrogen) atoms. The highest BCUT2D eigenvalue weighted by Gasteiger charge is 2.06. The van der Waals surface area contributed by atoms with E-state index in [1.165, 1.54) is 12.1 Å². The maximum atomic E-state index is 13.3. The summed E-state index contributed by atoms with van der Waals surface area (Å²) in [4.78, 5) is 0. The quantitative estimate of drug-likeness (QED) is 0.780.